The summed E-state index contributed by atoms with van der Waals surface area (Å²) < 4.78 is 0. The number of hydrogen-bond donors (Lipinski definition) is 1. The number of benzene rings is 1. The fourth-order valence-corrected chi connectivity index (χ4v) is 1.86. The van der Waals surface area contributed by atoms with Crippen LogP contribution in [0, 0.1) is 5.92 Å². The van der Waals surface area contributed by atoms with Gasteiger partial charge in [-0.1, -0.05) is 18.2 Å². The van der Waals surface area contributed by atoms with E-state index in [0.717, 1.165) is 0 Å². The van der Waals surface area contributed by atoms with Gasteiger partial charge in [0.1, 0.15) is 5.78 Å². The highest BCUT2D eigenvalue weighted by atomic mass is 16.2. The molecule has 0 aromatic carbocycles. The number of fused-ring (bicyclic) bond motifs is 1. The predicted octanol–water partition coefficient (Wildman–Crippen LogP) is 0.881. The van der Waals surface area contributed by atoms with Crippen molar-refractivity contribution >= 4 is 17.6 Å². The largest absolute Gasteiger partial charge is 0.299 e. The first kappa shape index (κ1) is 12.4. The van der Waals surface area contributed by atoms with Crippen molar-refractivity contribution in [2.24, 2.45) is 11.8 Å². The summed E-state index contributed by atoms with van der Waals surface area (Å²) in [6, 6.07) is 8.48. The van der Waals surface area contributed by atoms with Gasteiger partial charge in [0.15, 0.2) is 0 Å². The first-order valence-corrected chi connectivity index (χ1v) is 5.73. The van der Waals surface area contributed by atoms with E-state index < -0.39 is 17.7 Å². The molecule has 0 bridgehead atoms. The third-order valence-corrected chi connectivity index (χ3v) is 3.05. The first-order valence-electron chi connectivity index (χ1n) is 5.73. The number of carbonyl (C=O) groups is 3. The van der Waals surface area contributed by atoms with Gasteiger partial charge in [-0.05, 0) is 30.5 Å². The van der Waals surface area contributed by atoms with Gasteiger partial charge >= 0.3 is 0 Å². The van der Waals surface area contributed by atoms with Gasteiger partial charge in [0, 0.05) is 6.42 Å². The van der Waals surface area contributed by atoms with E-state index in [1.165, 1.54) is 18.1 Å². The average molecular weight is 246 g/mol. The second kappa shape index (κ2) is 4.70. The number of nitrogens with zero attached hydrogens (tertiary/aromatic N) is 1. The summed E-state index contributed by atoms with van der Waals surface area (Å²) in [5.74, 6) is 3.18. The fourth-order valence-electron chi connectivity index (χ4n) is 1.86. The van der Waals surface area contributed by atoms with Gasteiger partial charge in [0.25, 0.3) is 5.91 Å². The summed E-state index contributed by atoms with van der Waals surface area (Å²) in [5, 5.41) is 0.537. The minimum Gasteiger partial charge on any atom is -0.299 e. The molecule has 1 unspecified atom stereocenters. The molecule has 3 aliphatic rings. The highest BCUT2D eigenvalue weighted by Crippen LogP contribution is 2.32. The number of nitrogens with two attached hydrogens (primary N) is 1. The van der Waals surface area contributed by atoms with Crippen LogP contribution in [0.1, 0.15) is 19.8 Å². The van der Waals surface area contributed by atoms with E-state index in [2.05, 4.69) is 24.3 Å². The first-order chi connectivity index (χ1) is 8.50. The molecule has 0 aromatic rings. The van der Waals surface area contributed by atoms with Crippen LogP contribution in [0.4, 0.5) is 0 Å². The molecule has 1 fully saturated rings. The summed E-state index contributed by atoms with van der Waals surface area (Å²) in [6.45, 7) is 1.33. The fraction of sp³-hybridized carbons (Fsp3) is 0.308. The summed E-state index contributed by atoms with van der Waals surface area (Å²) in [4.78, 5) is 32.8. The molecule has 5 nitrogen and oxygen atoms in total. The van der Waals surface area contributed by atoms with E-state index >= 15 is 0 Å². The molecule has 5 heteroatoms. The summed E-state index contributed by atoms with van der Waals surface area (Å²) >= 11 is 0. The van der Waals surface area contributed by atoms with Crippen molar-refractivity contribution < 1.29 is 14.4 Å². The minimum absolute atomic E-state index is 0.173. The topological polar surface area (TPSA) is 80.5 Å². The maximum atomic E-state index is 11.1. The smallest absolute Gasteiger partial charge is 0.254 e. The number of carbonyl (C=O) groups excluding carboxylic acids is 3. The maximum absolute atomic E-state index is 11.1. The summed E-state index contributed by atoms with van der Waals surface area (Å²) in [6.07, 6.45) is 0.465. The predicted molar refractivity (Wildman–Crippen MR) is 64.9 cm³/mol. The molecule has 1 heterocycles. The number of piperidine rings is 1. The Balaban J connectivity index is 0.000000164. The number of Topliss-reactive ketones (excluding diaryl/α,β-unsaturated/α-hetero) is 1. The van der Waals surface area contributed by atoms with E-state index in [9.17, 15) is 14.4 Å². The van der Waals surface area contributed by atoms with E-state index in [4.69, 9.17) is 5.84 Å². The monoisotopic (exact) mass is 246 g/mol. The maximum Gasteiger partial charge on any atom is 0.254 e. The third-order valence-electron chi connectivity index (χ3n) is 3.05. The Morgan fingerprint density at radius 2 is 1.94 bits per heavy atom. The van der Waals surface area contributed by atoms with E-state index in [1.54, 1.807) is 0 Å². The van der Waals surface area contributed by atoms with Crippen LogP contribution in [0.3, 0.4) is 0 Å². The van der Waals surface area contributed by atoms with Gasteiger partial charge in [-0.3, -0.25) is 14.4 Å². The lowest BCUT2D eigenvalue weighted by Gasteiger charge is -2.24. The number of imide groups is 1. The molecule has 2 N–H and O–H groups in total. The number of rotatable bonds is 1. The Hall–Kier alpha value is -2.01. The van der Waals surface area contributed by atoms with Gasteiger partial charge in [0.2, 0.25) is 5.91 Å². The average Bonchev–Trinajstić information content (AvgIpc) is 2.94. The quantitative estimate of drug-likeness (QED) is 0.350. The van der Waals surface area contributed by atoms with Crippen LogP contribution in [-0.4, -0.2) is 22.6 Å². The minimum atomic E-state index is -0.715. The molecule has 18 heavy (non-hydrogen) atoms. The van der Waals surface area contributed by atoms with E-state index in [0.29, 0.717) is 11.4 Å². The van der Waals surface area contributed by atoms with Crippen LogP contribution in [0.15, 0.2) is 24.3 Å². The van der Waals surface area contributed by atoms with Crippen LogP contribution >= 0.6 is 0 Å². The lowest BCUT2D eigenvalue weighted by molar-refractivity contribution is -0.153. The van der Waals surface area contributed by atoms with Crippen molar-refractivity contribution in [2.75, 3.05) is 0 Å². The van der Waals surface area contributed by atoms with Gasteiger partial charge in [-0.25, -0.2) is 10.9 Å². The van der Waals surface area contributed by atoms with Gasteiger partial charge in [-0.2, -0.15) is 0 Å². The molecular weight excluding hydrogens is 232 g/mol. The normalized spacial score (nSPS) is 20.1. The third kappa shape index (κ3) is 2.46. The molecule has 1 atom stereocenters. The van der Waals surface area contributed by atoms with Crippen LogP contribution < -0.4 is 5.84 Å². The molecule has 94 valence electrons. The lowest BCUT2D eigenvalue weighted by Crippen LogP contribution is -2.50. The summed E-state index contributed by atoms with van der Waals surface area (Å²) in [5.41, 5.74) is 2.85. The standard InChI is InChI=1S/C7H10N2O3.C6H4/c1-4(10)5-2-3-6(11)9(8)7(5)12;1-2-5-4-6(5)3-1/h5H,2-3,8H2,1H3;1-4H. The van der Waals surface area contributed by atoms with Crippen molar-refractivity contribution in [1.29, 1.82) is 0 Å². The highest BCUT2D eigenvalue weighted by Gasteiger charge is 2.35. The van der Waals surface area contributed by atoms with Crippen molar-refractivity contribution in [3.05, 3.63) is 24.3 Å². The molecule has 0 spiro atoms. The van der Waals surface area contributed by atoms with Crippen molar-refractivity contribution in [3.63, 3.8) is 0 Å². The molecule has 3 rings (SSSR count). The van der Waals surface area contributed by atoms with Crippen molar-refractivity contribution in [1.82, 2.24) is 5.01 Å². The molecule has 0 radical (unpaired) electrons. The SMILES string of the molecule is CC(=O)C1CCC(=O)N(N)C1=O.c1cc2cc-2c1. The van der Waals surface area contributed by atoms with E-state index in [-0.39, 0.29) is 12.2 Å². The van der Waals surface area contributed by atoms with Crippen molar-refractivity contribution in [3.8, 4) is 11.1 Å². The lowest BCUT2D eigenvalue weighted by atomic mass is 9.94. The Kier molecular flexibility index (Phi) is 3.25. The van der Waals surface area contributed by atoms with Crippen molar-refractivity contribution in [2.45, 2.75) is 19.8 Å². The Bertz CT molecular complexity index is 507. The highest BCUT2D eigenvalue weighted by molar-refractivity contribution is 6.08. The van der Waals surface area contributed by atoms with E-state index in [1.807, 2.05) is 0 Å². The number of hydrazine groups is 1. The molecule has 0 aromatic heterocycles. The Morgan fingerprint density at radius 1 is 1.33 bits per heavy atom. The van der Waals surface area contributed by atoms with Gasteiger partial charge < -0.3 is 0 Å². The second-order valence-corrected chi connectivity index (χ2v) is 4.38. The molecule has 2 aliphatic carbocycles. The zero-order chi connectivity index (χ0) is 13.3. The molecule has 0 saturated carbocycles. The number of ketones is 1. The molecule has 2 amide bonds. The van der Waals surface area contributed by atoms with Crippen LogP contribution in [0.5, 0.6) is 0 Å². The zero-order valence-corrected chi connectivity index (χ0v) is 10.1. The van der Waals surface area contributed by atoms with Gasteiger partial charge in [0.05, 0.1) is 5.92 Å². The molecular formula is C13H14N2O3. The van der Waals surface area contributed by atoms with Crippen LogP contribution in [-0.2, 0) is 14.4 Å². The van der Waals surface area contributed by atoms with Gasteiger partial charge in [-0.15, -0.1) is 0 Å². The Labute approximate surface area is 105 Å². The number of hydrogen-bond acceptors (Lipinski definition) is 4. The van der Waals surface area contributed by atoms with Crippen LogP contribution in [0.25, 0.3) is 11.1 Å². The molecule has 1 saturated heterocycles. The number of amides is 2. The Morgan fingerprint density at radius 3 is 2.33 bits per heavy atom. The zero-order valence-electron chi connectivity index (χ0n) is 10.1. The summed E-state index contributed by atoms with van der Waals surface area (Å²) in [7, 11) is 0. The molecule has 1 aliphatic heterocycles. The van der Waals surface area contributed by atoms with Crippen LogP contribution in [0.2, 0.25) is 0 Å². The second-order valence-electron chi connectivity index (χ2n) is 4.38.